The van der Waals surface area contributed by atoms with Crippen LogP contribution in [0.2, 0.25) is 10.0 Å². The number of pyridine rings is 1. The number of carbonyl (C=O) groups is 1. The molecule has 5 heteroatoms. The van der Waals surface area contributed by atoms with E-state index in [-0.39, 0.29) is 11.6 Å². The first-order chi connectivity index (χ1) is 8.47. The molecule has 0 saturated carbocycles. The maximum absolute atomic E-state index is 12.3. The summed E-state index contributed by atoms with van der Waals surface area (Å²) in [5.41, 5.74) is 7.32. The Morgan fingerprint density at radius 3 is 2.39 bits per heavy atom. The Morgan fingerprint density at radius 1 is 1.17 bits per heavy atom. The van der Waals surface area contributed by atoms with Crippen LogP contribution in [0.25, 0.3) is 0 Å². The van der Waals surface area contributed by atoms with E-state index in [4.69, 9.17) is 28.9 Å². The van der Waals surface area contributed by atoms with Crippen LogP contribution in [-0.2, 0) is 0 Å². The van der Waals surface area contributed by atoms with Gasteiger partial charge in [-0.3, -0.25) is 4.79 Å². The third-order valence-corrected chi connectivity index (χ3v) is 2.86. The van der Waals surface area contributed by atoms with E-state index in [0.717, 1.165) is 5.56 Å². The zero-order valence-corrected chi connectivity index (χ0v) is 11.1. The molecule has 0 aliphatic carbocycles. The van der Waals surface area contributed by atoms with Gasteiger partial charge in [0, 0.05) is 21.8 Å². The molecule has 2 N–H and O–H groups in total. The highest BCUT2D eigenvalue weighted by atomic mass is 35.5. The quantitative estimate of drug-likeness (QED) is 0.857. The number of rotatable bonds is 2. The minimum Gasteiger partial charge on any atom is -0.383 e. The van der Waals surface area contributed by atoms with Gasteiger partial charge in [0.1, 0.15) is 5.82 Å². The molecule has 2 aromatic rings. The van der Waals surface area contributed by atoms with E-state index >= 15 is 0 Å². The second-order valence-electron chi connectivity index (χ2n) is 3.93. The Morgan fingerprint density at radius 2 is 1.78 bits per heavy atom. The van der Waals surface area contributed by atoms with Crippen molar-refractivity contribution in [1.29, 1.82) is 0 Å². The van der Waals surface area contributed by atoms with Gasteiger partial charge in [-0.05, 0) is 36.8 Å². The molecular formula is C13H10Cl2N2O. The van der Waals surface area contributed by atoms with E-state index < -0.39 is 0 Å². The lowest BCUT2D eigenvalue weighted by atomic mass is 10.0. The number of aryl methyl sites for hydroxylation is 1. The van der Waals surface area contributed by atoms with Crippen molar-refractivity contribution < 1.29 is 4.79 Å². The number of hydrogen-bond acceptors (Lipinski definition) is 3. The minimum absolute atomic E-state index is 0.196. The molecule has 0 bridgehead atoms. The summed E-state index contributed by atoms with van der Waals surface area (Å²) in [6.07, 6.45) is 1.61. The van der Waals surface area contributed by atoms with Crippen LogP contribution in [0.1, 0.15) is 21.5 Å². The average molecular weight is 281 g/mol. The molecule has 3 nitrogen and oxygen atoms in total. The first-order valence-electron chi connectivity index (χ1n) is 5.20. The van der Waals surface area contributed by atoms with Crippen molar-refractivity contribution in [3.05, 3.63) is 57.2 Å². The normalized spacial score (nSPS) is 10.4. The van der Waals surface area contributed by atoms with E-state index in [2.05, 4.69) is 4.98 Å². The molecular weight excluding hydrogens is 271 g/mol. The first-order valence-corrected chi connectivity index (χ1v) is 5.96. The maximum Gasteiger partial charge on any atom is 0.196 e. The van der Waals surface area contributed by atoms with Gasteiger partial charge in [-0.2, -0.15) is 0 Å². The van der Waals surface area contributed by atoms with E-state index in [0.29, 0.717) is 21.2 Å². The summed E-state index contributed by atoms with van der Waals surface area (Å²) >= 11 is 11.7. The van der Waals surface area contributed by atoms with E-state index in [1.165, 1.54) is 0 Å². The van der Waals surface area contributed by atoms with Crippen molar-refractivity contribution in [3.63, 3.8) is 0 Å². The summed E-state index contributed by atoms with van der Waals surface area (Å²) in [7, 11) is 0. The van der Waals surface area contributed by atoms with Gasteiger partial charge in [-0.25, -0.2) is 4.98 Å². The third kappa shape index (κ3) is 2.63. The molecule has 1 aromatic heterocycles. The minimum atomic E-state index is -0.242. The van der Waals surface area contributed by atoms with Crippen LogP contribution in [-0.4, -0.2) is 10.8 Å². The molecule has 92 valence electrons. The third-order valence-electron chi connectivity index (χ3n) is 2.42. The SMILES string of the molecule is Cc1cnc(N)c(C(=O)c2cc(Cl)cc(Cl)c2)c1. The lowest BCUT2D eigenvalue weighted by Crippen LogP contribution is -2.07. The Labute approximate surface area is 115 Å². The standard InChI is InChI=1S/C13H10Cl2N2O/c1-7-2-11(13(16)17-6-7)12(18)8-3-9(14)5-10(15)4-8/h2-6H,1H3,(H2,16,17). The highest BCUT2D eigenvalue weighted by molar-refractivity contribution is 6.35. The zero-order valence-electron chi connectivity index (χ0n) is 9.58. The summed E-state index contributed by atoms with van der Waals surface area (Å²) in [4.78, 5) is 16.2. The fourth-order valence-electron chi connectivity index (χ4n) is 1.60. The Hall–Kier alpha value is -1.58. The van der Waals surface area contributed by atoms with Crippen LogP contribution >= 0.6 is 23.2 Å². The fourth-order valence-corrected chi connectivity index (χ4v) is 2.13. The predicted octanol–water partition coefficient (Wildman–Crippen LogP) is 3.51. The molecule has 18 heavy (non-hydrogen) atoms. The van der Waals surface area contributed by atoms with Crippen LogP contribution in [0, 0.1) is 6.92 Å². The maximum atomic E-state index is 12.3. The Balaban J connectivity index is 2.51. The summed E-state index contributed by atoms with van der Waals surface area (Å²) in [5, 5.41) is 0.815. The van der Waals surface area contributed by atoms with Gasteiger partial charge in [-0.15, -0.1) is 0 Å². The smallest absolute Gasteiger partial charge is 0.196 e. The number of anilines is 1. The molecule has 0 unspecified atom stereocenters. The van der Waals surface area contributed by atoms with Gasteiger partial charge in [0.15, 0.2) is 5.78 Å². The Kier molecular flexibility index (Phi) is 3.55. The van der Waals surface area contributed by atoms with Crippen LogP contribution < -0.4 is 5.73 Å². The Bertz CT molecular complexity index is 606. The number of nitrogens with zero attached hydrogens (tertiary/aromatic N) is 1. The first kappa shape index (κ1) is 12.9. The molecule has 0 radical (unpaired) electrons. The predicted molar refractivity (Wildman–Crippen MR) is 73.3 cm³/mol. The summed E-state index contributed by atoms with van der Waals surface area (Å²) in [6.45, 7) is 1.84. The van der Waals surface area contributed by atoms with Crippen molar-refractivity contribution in [2.45, 2.75) is 6.92 Å². The lowest BCUT2D eigenvalue weighted by Gasteiger charge is -2.06. The van der Waals surface area contributed by atoms with E-state index in [9.17, 15) is 4.79 Å². The van der Waals surface area contributed by atoms with Gasteiger partial charge in [0.25, 0.3) is 0 Å². The summed E-state index contributed by atoms with van der Waals surface area (Å²) in [5.74, 6) is -0.0465. The van der Waals surface area contributed by atoms with Crippen molar-refractivity contribution in [3.8, 4) is 0 Å². The number of nitrogens with two attached hydrogens (primary N) is 1. The molecule has 2 rings (SSSR count). The summed E-state index contributed by atoms with van der Waals surface area (Å²) < 4.78 is 0. The fraction of sp³-hybridized carbons (Fsp3) is 0.0769. The molecule has 0 aliphatic heterocycles. The molecule has 0 aliphatic rings. The largest absolute Gasteiger partial charge is 0.383 e. The molecule has 0 atom stereocenters. The van der Waals surface area contributed by atoms with Gasteiger partial charge in [-0.1, -0.05) is 23.2 Å². The lowest BCUT2D eigenvalue weighted by molar-refractivity contribution is 0.103. The molecule has 0 amide bonds. The molecule has 0 saturated heterocycles. The monoisotopic (exact) mass is 280 g/mol. The molecule has 1 aromatic carbocycles. The second-order valence-corrected chi connectivity index (χ2v) is 4.81. The van der Waals surface area contributed by atoms with Crippen LogP contribution in [0.4, 0.5) is 5.82 Å². The number of halogens is 2. The number of ketones is 1. The molecule has 0 spiro atoms. The number of aromatic nitrogens is 1. The number of hydrogen-bond donors (Lipinski definition) is 1. The van der Waals surface area contributed by atoms with Crippen LogP contribution in [0.3, 0.4) is 0 Å². The number of carbonyl (C=O) groups excluding carboxylic acids is 1. The summed E-state index contributed by atoms with van der Waals surface area (Å²) in [6, 6.07) is 6.37. The van der Waals surface area contributed by atoms with Crippen molar-refractivity contribution in [2.75, 3.05) is 5.73 Å². The van der Waals surface area contributed by atoms with E-state index in [1.54, 1.807) is 30.5 Å². The van der Waals surface area contributed by atoms with Gasteiger partial charge in [0.2, 0.25) is 0 Å². The van der Waals surface area contributed by atoms with Gasteiger partial charge >= 0.3 is 0 Å². The van der Waals surface area contributed by atoms with E-state index in [1.807, 2.05) is 6.92 Å². The zero-order chi connectivity index (χ0) is 13.3. The molecule has 0 fully saturated rings. The van der Waals surface area contributed by atoms with Crippen molar-refractivity contribution >= 4 is 34.8 Å². The van der Waals surface area contributed by atoms with Crippen LogP contribution in [0.5, 0.6) is 0 Å². The van der Waals surface area contributed by atoms with Crippen molar-refractivity contribution in [2.24, 2.45) is 0 Å². The highest BCUT2D eigenvalue weighted by Crippen LogP contribution is 2.23. The second kappa shape index (κ2) is 4.96. The van der Waals surface area contributed by atoms with Crippen molar-refractivity contribution in [1.82, 2.24) is 4.98 Å². The van der Waals surface area contributed by atoms with Gasteiger partial charge < -0.3 is 5.73 Å². The average Bonchev–Trinajstić information content (AvgIpc) is 2.30. The number of nitrogen functional groups attached to an aromatic ring is 1. The topological polar surface area (TPSA) is 56.0 Å². The molecule has 1 heterocycles. The number of benzene rings is 1. The highest BCUT2D eigenvalue weighted by Gasteiger charge is 2.14. The van der Waals surface area contributed by atoms with Crippen LogP contribution in [0.15, 0.2) is 30.5 Å². The van der Waals surface area contributed by atoms with Gasteiger partial charge in [0.05, 0.1) is 5.56 Å².